The van der Waals surface area contributed by atoms with Crippen molar-refractivity contribution in [1.29, 1.82) is 5.41 Å². The lowest BCUT2D eigenvalue weighted by atomic mass is 11.1. The van der Waals surface area contributed by atoms with E-state index < -0.39 is 0 Å². The highest BCUT2D eigenvalue weighted by Crippen LogP contribution is 1.54. The maximum absolute atomic E-state index is 6.61. The van der Waals surface area contributed by atoms with E-state index in [1.54, 1.807) is 14.1 Å². The Balaban J connectivity index is 2.98. The highest BCUT2D eigenvalue weighted by molar-refractivity contribution is 5.48. The summed E-state index contributed by atoms with van der Waals surface area (Å²) in [6, 6.07) is 0. The second kappa shape index (κ2) is 3.58. The number of rotatable bonds is 3. The predicted octanol–water partition coefficient (Wildman–Crippen LogP) is -0.836. The molecule has 0 rings (SSSR count). The lowest BCUT2D eigenvalue weighted by Gasteiger charge is -2.10. The Labute approximate surface area is 43.0 Å². The Morgan fingerprint density at radius 2 is 2.29 bits per heavy atom. The van der Waals surface area contributed by atoms with Crippen LogP contribution >= 0.6 is 0 Å². The van der Waals surface area contributed by atoms with E-state index in [1.165, 1.54) is 5.01 Å². The van der Waals surface area contributed by atoms with E-state index in [0.29, 0.717) is 0 Å². The molecular formula is C3H10N4. The molecule has 0 bridgehead atoms. The molecule has 0 unspecified atom stereocenters. The summed E-state index contributed by atoms with van der Waals surface area (Å²) in [5.41, 5.74) is 5.28. The summed E-state index contributed by atoms with van der Waals surface area (Å²) < 4.78 is 0. The first-order chi connectivity index (χ1) is 3.31. The van der Waals surface area contributed by atoms with Crippen LogP contribution in [0.1, 0.15) is 0 Å². The topological polar surface area (TPSA) is 51.1 Å². The van der Waals surface area contributed by atoms with E-state index in [4.69, 9.17) is 5.41 Å². The van der Waals surface area contributed by atoms with Crippen LogP contribution in [0.15, 0.2) is 0 Å². The van der Waals surface area contributed by atoms with E-state index in [-0.39, 0.29) is 0 Å². The van der Waals surface area contributed by atoms with Gasteiger partial charge in [0.15, 0.2) is 0 Å². The molecule has 0 aliphatic carbocycles. The highest BCUT2D eigenvalue weighted by atomic mass is 15.7. The molecule has 0 saturated carbocycles. The van der Waals surface area contributed by atoms with Gasteiger partial charge in [-0.1, -0.05) is 0 Å². The van der Waals surface area contributed by atoms with Crippen LogP contribution in [0.5, 0.6) is 0 Å². The Morgan fingerprint density at radius 1 is 1.71 bits per heavy atom. The van der Waals surface area contributed by atoms with Gasteiger partial charge in [-0.3, -0.25) is 10.4 Å². The number of hydrogen-bond donors (Lipinski definition) is 3. The molecule has 0 aromatic carbocycles. The molecule has 0 spiro atoms. The summed E-state index contributed by atoms with van der Waals surface area (Å²) in [6.07, 6.45) is 1.16. The zero-order valence-corrected chi connectivity index (χ0v) is 4.52. The van der Waals surface area contributed by atoms with Crippen LogP contribution in [-0.4, -0.2) is 25.4 Å². The monoisotopic (exact) mass is 102 g/mol. The van der Waals surface area contributed by atoms with Gasteiger partial charge in [-0.05, 0) is 0 Å². The maximum Gasteiger partial charge on any atom is 0.0969 e. The smallest absolute Gasteiger partial charge is 0.0969 e. The molecular weight excluding hydrogens is 92.1 g/mol. The maximum atomic E-state index is 6.61. The highest BCUT2D eigenvalue weighted by Gasteiger charge is 1.78. The minimum Gasteiger partial charge on any atom is -0.290 e. The van der Waals surface area contributed by atoms with Gasteiger partial charge in [0.25, 0.3) is 0 Å². The third-order valence-corrected chi connectivity index (χ3v) is 0.482. The lowest BCUT2D eigenvalue weighted by Crippen LogP contribution is -2.41. The SMILES string of the molecule is CNNN(C)C=N. The van der Waals surface area contributed by atoms with Crippen molar-refractivity contribution in [2.45, 2.75) is 0 Å². The fourth-order valence-corrected chi connectivity index (χ4v) is 0.209. The summed E-state index contributed by atoms with van der Waals surface area (Å²) in [7, 11) is 3.46. The molecule has 0 aromatic heterocycles. The molecule has 0 amide bonds. The predicted molar refractivity (Wildman–Crippen MR) is 28.7 cm³/mol. The Kier molecular flexibility index (Phi) is 3.26. The summed E-state index contributed by atoms with van der Waals surface area (Å²) in [6.45, 7) is 0. The van der Waals surface area contributed by atoms with Crippen molar-refractivity contribution in [1.82, 2.24) is 16.0 Å². The van der Waals surface area contributed by atoms with Crippen LogP contribution < -0.4 is 11.0 Å². The zero-order valence-electron chi connectivity index (χ0n) is 4.52. The molecule has 0 aliphatic heterocycles. The molecule has 4 heteroatoms. The van der Waals surface area contributed by atoms with Gasteiger partial charge in [-0.25, -0.2) is 5.43 Å². The fourth-order valence-electron chi connectivity index (χ4n) is 0.209. The first-order valence-electron chi connectivity index (χ1n) is 1.97. The van der Waals surface area contributed by atoms with Gasteiger partial charge in [-0.15, -0.1) is 0 Å². The molecule has 0 fully saturated rings. The summed E-state index contributed by atoms with van der Waals surface area (Å²) in [5, 5.41) is 8.10. The Bertz CT molecular complexity index is 52.9. The van der Waals surface area contributed by atoms with Gasteiger partial charge >= 0.3 is 0 Å². The molecule has 4 nitrogen and oxygen atoms in total. The molecule has 0 saturated heterocycles. The van der Waals surface area contributed by atoms with Crippen LogP contribution in [0.25, 0.3) is 0 Å². The van der Waals surface area contributed by atoms with Gasteiger partial charge in [0, 0.05) is 14.1 Å². The molecule has 0 aliphatic rings. The largest absolute Gasteiger partial charge is 0.290 e. The van der Waals surface area contributed by atoms with Gasteiger partial charge in [0.05, 0.1) is 6.34 Å². The zero-order chi connectivity index (χ0) is 5.70. The minimum atomic E-state index is 1.16. The van der Waals surface area contributed by atoms with E-state index in [0.717, 1.165) is 6.34 Å². The molecule has 7 heavy (non-hydrogen) atoms. The van der Waals surface area contributed by atoms with Crippen LogP contribution in [-0.2, 0) is 0 Å². The van der Waals surface area contributed by atoms with E-state index in [1.807, 2.05) is 0 Å². The van der Waals surface area contributed by atoms with Crippen LogP contribution in [0.2, 0.25) is 0 Å². The standard InChI is InChI=1S/C3H10N4/c1-5-6-7(2)3-4/h3-6H,1-2H3. The lowest BCUT2D eigenvalue weighted by molar-refractivity contribution is 0.327. The van der Waals surface area contributed by atoms with E-state index in [9.17, 15) is 0 Å². The number of hydrogen-bond acceptors (Lipinski definition) is 3. The van der Waals surface area contributed by atoms with Crippen LogP contribution in [0, 0.1) is 5.41 Å². The molecule has 0 atom stereocenters. The first kappa shape index (κ1) is 6.39. The number of hydrazine groups is 2. The minimum absolute atomic E-state index is 1.16. The van der Waals surface area contributed by atoms with Crippen molar-refractivity contribution in [2.24, 2.45) is 0 Å². The van der Waals surface area contributed by atoms with Crippen molar-refractivity contribution in [3.05, 3.63) is 0 Å². The van der Waals surface area contributed by atoms with E-state index in [2.05, 4.69) is 11.0 Å². The number of nitrogens with zero attached hydrogens (tertiary/aromatic N) is 1. The Morgan fingerprint density at radius 3 is 2.43 bits per heavy atom. The molecule has 3 N–H and O–H groups in total. The van der Waals surface area contributed by atoms with Gasteiger partial charge in [0.1, 0.15) is 0 Å². The molecule has 0 aromatic rings. The van der Waals surface area contributed by atoms with Crippen molar-refractivity contribution in [3.8, 4) is 0 Å². The summed E-state index contributed by atoms with van der Waals surface area (Å²) >= 11 is 0. The number of nitrogens with one attached hydrogen (secondary N) is 3. The third kappa shape index (κ3) is 3.21. The Hall–Kier alpha value is -0.610. The van der Waals surface area contributed by atoms with Crippen LogP contribution in [0.3, 0.4) is 0 Å². The molecule has 42 valence electrons. The van der Waals surface area contributed by atoms with Gasteiger partial charge in [0.2, 0.25) is 0 Å². The molecule has 0 radical (unpaired) electrons. The van der Waals surface area contributed by atoms with Crippen molar-refractivity contribution >= 4 is 6.34 Å². The van der Waals surface area contributed by atoms with Gasteiger partial charge in [-0.2, -0.15) is 5.53 Å². The van der Waals surface area contributed by atoms with Crippen LogP contribution in [0.4, 0.5) is 0 Å². The summed E-state index contributed by atoms with van der Waals surface area (Å²) in [4.78, 5) is 0. The second-order valence-electron chi connectivity index (χ2n) is 1.10. The average Bonchev–Trinajstić information content (AvgIpc) is 1.68. The average molecular weight is 102 g/mol. The van der Waals surface area contributed by atoms with Crippen molar-refractivity contribution in [3.63, 3.8) is 0 Å². The van der Waals surface area contributed by atoms with Crippen molar-refractivity contribution in [2.75, 3.05) is 14.1 Å². The normalized spacial score (nSPS) is 8.29. The third-order valence-electron chi connectivity index (χ3n) is 0.482. The first-order valence-corrected chi connectivity index (χ1v) is 1.97. The second-order valence-corrected chi connectivity index (χ2v) is 1.10. The van der Waals surface area contributed by atoms with Gasteiger partial charge < -0.3 is 0 Å². The quantitative estimate of drug-likeness (QED) is 0.247. The molecule has 0 heterocycles. The van der Waals surface area contributed by atoms with E-state index >= 15 is 0 Å². The van der Waals surface area contributed by atoms with Crippen molar-refractivity contribution < 1.29 is 0 Å². The summed E-state index contributed by atoms with van der Waals surface area (Å²) in [5.74, 6) is 0. The fraction of sp³-hybridized carbons (Fsp3) is 0.667.